The maximum Gasteiger partial charge on any atom is 0.0932 e. The summed E-state index contributed by atoms with van der Waals surface area (Å²) < 4.78 is 5.92. The van der Waals surface area contributed by atoms with Gasteiger partial charge in [-0.15, -0.1) is 0 Å². The first-order chi connectivity index (χ1) is 10.6. The van der Waals surface area contributed by atoms with Crippen molar-refractivity contribution in [2.45, 2.75) is 89.6 Å². The highest BCUT2D eigenvalue weighted by molar-refractivity contribution is 5.23. The molecule has 3 nitrogen and oxygen atoms in total. The average Bonchev–Trinajstić information content (AvgIpc) is 3.09. The van der Waals surface area contributed by atoms with Crippen LogP contribution in [0.5, 0.6) is 0 Å². The van der Waals surface area contributed by atoms with Gasteiger partial charge in [0.05, 0.1) is 23.4 Å². The summed E-state index contributed by atoms with van der Waals surface area (Å²) >= 11 is 0. The second-order valence-electron chi connectivity index (χ2n) is 7.90. The number of epoxide rings is 1. The molecule has 2 N–H and O–H groups in total. The Morgan fingerprint density at radius 1 is 1.30 bits per heavy atom. The molecule has 2 rings (SSSR count). The lowest BCUT2D eigenvalue weighted by atomic mass is 9.87. The Morgan fingerprint density at radius 3 is 2.65 bits per heavy atom. The number of aliphatic hydroxyl groups excluding tert-OH is 1. The molecule has 1 saturated heterocycles. The van der Waals surface area contributed by atoms with Crippen molar-refractivity contribution in [3.8, 4) is 0 Å². The zero-order chi connectivity index (χ0) is 17.3. The van der Waals surface area contributed by atoms with Crippen LogP contribution in [0.4, 0.5) is 0 Å². The van der Waals surface area contributed by atoms with Crippen LogP contribution in [0.2, 0.25) is 0 Å². The summed E-state index contributed by atoms with van der Waals surface area (Å²) in [6, 6.07) is 0. The molecule has 3 atom stereocenters. The molecule has 0 amide bonds. The molecule has 23 heavy (non-hydrogen) atoms. The lowest BCUT2D eigenvalue weighted by Gasteiger charge is -2.24. The number of allylic oxidation sites excluding steroid dienone is 2. The molecule has 130 valence electrons. The minimum atomic E-state index is -0.935. The van der Waals surface area contributed by atoms with Crippen LogP contribution in [-0.4, -0.2) is 33.6 Å². The van der Waals surface area contributed by atoms with Crippen molar-refractivity contribution < 1.29 is 14.9 Å². The van der Waals surface area contributed by atoms with Crippen LogP contribution in [0, 0.1) is 0 Å². The molecule has 0 radical (unpaired) electrons. The summed E-state index contributed by atoms with van der Waals surface area (Å²) in [5.74, 6) is 0. The van der Waals surface area contributed by atoms with Gasteiger partial charge in [0, 0.05) is 0 Å². The smallest absolute Gasteiger partial charge is 0.0932 e. The van der Waals surface area contributed by atoms with Gasteiger partial charge in [-0.2, -0.15) is 0 Å². The second-order valence-corrected chi connectivity index (χ2v) is 7.90. The Kier molecular flexibility index (Phi) is 5.55. The second kappa shape index (κ2) is 6.92. The zero-order valence-corrected chi connectivity index (χ0v) is 15.1. The van der Waals surface area contributed by atoms with Gasteiger partial charge in [-0.3, -0.25) is 0 Å². The fraction of sp³-hybridized carbons (Fsp3) is 0.700. The van der Waals surface area contributed by atoms with Crippen molar-refractivity contribution >= 4 is 0 Å². The molecular formula is C20H32O3. The Hall–Kier alpha value is -0.900. The largest absolute Gasteiger partial charge is 0.386 e. The molecular weight excluding hydrogens is 288 g/mol. The van der Waals surface area contributed by atoms with E-state index in [1.807, 2.05) is 0 Å². The van der Waals surface area contributed by atoms with E-state index in [-0.39, 0.29) is 5.60 Å². The molecule has 3 heteroatoms. The van der Waals surface area contributed by atoms with Crippen LogP contribution >= 0.6 is 0 Å². The predicted molar refractivity (Wildman–Crippen MR) is 94.3 cm³/mol. The lowest BCUT2D eigenvalue weighted by molar-refractivity contribution is 0.111. The van der Waals surface area contributed by atoms with E-state index < -0.39 is 11.7 Å². The molecule has 1 aliphatic carbocycles. The highest BCUT2D eigenvalue weighted by Crippen LogP contribution is 2.44. The Labute approximate surface area is 140 Å². The first-order valence-electron chi connectivity index (χ1n) is 8.74. The molecule has 0 spiro atoms. The van der Waals surface area contributed by atoms with Crippen molar-refractivity contribution in [1.82, 2.24) is 0 Å². The third-order valence-electron chi connectivity index (χ3n) is 5.25. The summed E-state index contributed by atoms with van der Waals surface area (Å²) in [5.41, 5.74) is 2.03. The fourth-order valence-electron chi connectivity index (χ4n) is 3.27. The predicted octanol–water partition coefficient (Wildman–Crippen LogP) is 4.06. The lowest BCUT2D eigenvalue weighted by Crippen LogP contribution is -2.25. The van der Waals surface area contributed by atoms with Gasteiger partial charge in [-0.1, -0.05) is 24.3 Å². The highest BCUT2D eigenvalue weighted by Gasteiger charge is 2.51. The number of ether oxygens (including phenoxy) is 1. The van der Waals surface area contributed by atoms with E-state index in [1.165, 1.54) is 5.57 Å². The Balaban J connectivity index is 2.19. The van der Waals surface area contributed by atoms with E-state index in [9.17, 15) is 10.2 Å². The van der Waals surface area contributed by atoms with E-state index in [4.69, 9.17) is 4.74 Å². The zero-order valence-electron chi connectivity index (χ0n) is 15.1. The molecule has 1 aliphatic heterocycles. The van der Waals surface area contributed by atoms with Crippen LogP contribution < -0.4 is 0 Å². The fourth-order valence-corrected chi connectivity index (χ4v) is 3.27. The maximum atomic E-state index is 10.4. The van der Waals surface area contributed by atoms with Gasteiger partial charge >= 0.3 is 0 Å². The number of rotatable bonds is 1. The van der Waals surface area contributed by atoms with Crippen molar-refractivity contribution in [3.63, 3.8) is 0 Å². The highest BCUT2D eigenvalue weighted by atomic mass is 16.6. The van der Waals surface area contributed by atoms with Crippen molar-refractivity contribution in [2.75, 3.05) is 0 Å². The van der Waals surface area contributed by atoms with E-state index in [0.717, 1.165) is 49.7 Å². The summed E-state index contributed by atoms with van der Waals surface area (Å²) in [6.07, 6.45) is 9.03. The molecule has 3 unspecified atom stereocenters. The van der Waals surface area contributed by atoms with Gasteiger partial charge in [0.25, 0.3) is 0 Å². The van der Waals surface area contributed by atoms with Gasteiger partial charge in [0.2, 0.25) is 0 Å². The summed E-state index contributed by atoms with van der Waals surface area (Å²) in [7, 11) is 0. The van der Waals surface area contributed by atoms with E-state index in [1.54, 1.807) is 19.9 Å². The van der Waals surface area contributed by atoms with Gasteiger partial charge in [-0.25, -0.2) is 0 Å². The van der Waals surface area contributed by atoms with Crippen LogP contribution in [0.3, 0.4) is 0 Å². The van der Waals surface area contributed by atoms with Crippen LogP contribution in [0.1, 0.15) is 66.2 Å². The average molecular weight is 320 g/mol. The third kappa shape index (κ3) is 5.03. The number of aliphatic hydroxyl groups is 2. The molecule has 0 aromatic carbocycles. The molecule has 0 bridgehead atoms. The summed E-state index contributed by atoms with van der Waals surface area (Å²) in [4.78, 5) is 0. The van der Waals surface area contributed by atoms with Crippen molar-refractivity contribution in [1.29, 1.82) is 0 Å². The minimum absolute atomic E-state index is 0.0866. The minimum Gasteiger partial charge on any atom is -0.386 e. The van der Waals surface area contributed by atoms with Crippen molar-refractivity contribution in [3.05, 3.63) is 35.5 Å². The van der Waals surface area contributed by atoms with Crippen LogP contribution in [0.25, 0.3) is 0 Å². The Morgan fingerprint density at radius 2 is 2.00 bits per heavy atom. The monoisotopic (exact) mass is 320 g/mol. The third-order valence-corrected chi connectivity index (χ3v) is 5.25. The van der Waals surface area contributed by atoms with Crippen LogP contribution in [0.15, 0.2) is 35.5 Å². The molecule has 2 aliphatic rings. The van der Waals surface area contributed by atoms with Gasteiger partial charge < -0.3 is 14.9 Å². The Bertz CT molecular complexity index is 509. The summed E-state index contributed by atoms with van der Waals surface area (Å²) in [5, 5.41) is 20.8. The first-order valence-corrected chi connectivity index (χ1v) is 8.74. The molecule has 0 aromatic heterocycles. The van der Waals surface area contributed by atoms with Crippen molar-refractivity contribution in [2.24, 2.45) is 0 Å². The van der Waals surface area contributed by atoms with Crippen LogP contribution in [-0.2, 0) is 4.74 Å². The number of hydrogen-bond acceptors (Lipinski definition) is 3. The van der Waals surface area contributed by atoms with E-state index in [0.29, 0.717) is 6.10 Å². The molecule has 0 saturated carbocycles. The molecule has 0 aromatic rings. The number of fused-ring (bicyclic) bond motifs is 1. The van der Waals surface area contributed by atoms with Gasteiger partial charge in [0.1, 0.15) is 0 Å². The van der Waals surface area contributed by atoms with Gasteiger partial charge in [-0.05, 0) is 77.4 Å². The van der Waals surface area contributed by atoms with E-state index >= 15 is 0 Å². The van der Waals surface area contributed by atoms with Gasteiger partial charge in [0.15, 0.2) is 0 Å². The normalized spacial score (nSPS) is 34.1. The SMILES string of the molecule is C=C1CCC=C(C)CCC2OC2(C)CCC(C(C)(C)O)=CC1O. The standard InChI is InChI=1S/C20H32O3/c1-14-7-6-8-15(2)17(21)13-16(19(3,4)22)11-12-20(5)18(23-20)10-9-14/h7,13,17-18,21-22H,2,6,8-12H2,1,3-5H3. The topological polar surface area (TPSA) is 53.0 Å². The first kappa shape index (κ1) is 18.4. The quantitative estimate of drug-likeness (QED) is 0.566. The molecule has 1 fully saturated rings. The maximum absolute atomic E-state index is 10.4. The van der Waals surface area contributed by atoms with E-state index in [2.05, 4.69) is 26.5 Å². The molecule has 1 heterocycles. The number of hydrogen-bond donors (Lipinski definition) is 2. The summed E-state index contributed by atoms with van der Waals surface area (Å²) in [6.45, 7) is 11.9.